The van der Waals surface area contributed by atoms with Gasteiger partial charge in [0.05, 0.1) is 23.7 Å². The fraction of sp³-hybridized carbons (Fsp3) is 0.333. The van der Waals surface area contributed by atoms with Gasteiger partial charge in [-0.1, -0.05) is 0 Å². The predicted octanol–water partition coefficient (Wildman–Crippen LogP) is 3.08. The van der Waals surface area contributed by atoms with Crippen molar-refractivity contribution in [1.82, 2.24) is 25.1 Å². The number of halogens is 1. The molecule has 0 radical (unpaired) electrons. The number of hydrogen-bond acceptors (Lipinski definition) is 4. The lowest BCUT2D eigenvalue weighted by Crippen LogP contribution is -2.38. The van der Waals surface area contributed by atoms with Crippen molar-refractivity contribution < 1.29 is 4.79 Å². The first-order chi connectivity index (χ1) is 12.3. The van der Waals surface area contributed by atoms with Gasteiger partial charge in [-0.25, -0.2) is 4.98 Å². The molecule has 26 heavy (non-hydrogen) atoms. The highest BCUT2D eigenvalue weighted by Crippen LogP contribution is 2.23. The summed E-state index contributed by atoms with van der Waals surface area (Å²) < 4.78 is 0.547. The average Bonchev–Trinajstić information content (AvgIpc) is 3.00. The summed E-state index contributed by atoms with van der Waals surface area (Å²) in [6.45, 7) is 7.82. The van der Waals surface area contributed by atoms with E-state index in [4.69, 9.17) is 0 Å². The second-order valence-corrected chi connectivity index (χ2v) is 7.41. The third kappa shape index (κ3) is 3.41. The summed E-state index contributed by atoms with van der Waals surface area (Å²) in [4.78, 5) is 34.4. The maximum Gasteiger partial charge on any atom is 0.255 e. The van der Waals surface area contributed by atoms with Gasteiger partial charge in [-0.05, 0) is 61.3 Å². The fourth-order valence-corrected chi connectivity index (χ4v) is 3.37. The molecule has 0 unspecified atom stereocenters. The number of hydrogen-bond donors (Lipinski definition) is 2. The van der Waals surface area contributed by atoms with Crippen molar-refractivity contribution in [1.29, 1.82) is 0 Å². The summed E-state index contributed by atoms with van der Waals surface area (Å²) >= 11 is 3.34. The number of aromatic nitrogens is 4. The lowest BCUT2D eigenvalue weighted by Gasteiger charge is -2.27. The summed E-state index contributed by atoms with van der Waals surface area (Å²) in [6, 6.07) is 3.51. The lowest BCUT2D eigenvalue weighted by atomic mass is 10.1. The normalized spacial score (nSPS) is 11.3. The zero-order valence-electron chi connectivity index (χ0n) is 15.1. The minimum absolute atomic E-state index is 0.0866. The molecule has 0 bridgehead atoms. The molecule has 136 valence electrons. The highest BCUT2D eigenvalue weighted by atomic mass is 79.9. The third-order valence-electron chi connectivity index (χ3n) is 4.33. The highest BCUT2D eigenvalue weighted by Gasteiger charge is 2.24. The van der Waals surface area contributed by atoms with Crippen molar-refractivity contribution in [3.8, 4) is 0 Å². The number of rotatable bonds is 4. The largest absolute Gasteiger partial charge is 0.332 e. The number of nitrogens with one attached hydrogen (secondary N) is 2. The molecule has 3 rings (SSSR count). The van der Waals surface area contributed by atoms with Crippen LogP contribution in [0.15, 0.2) is 27.7 Å². The van der Waals surface area contributed by atoms with Gasteiger partial charge in [-0.15, -0.1) is 0 Å². The molecule has 3 aromatic rings. The Hall–Kier alpha value is -2.48. The Morgan fingerprint density at radius 3 is 2.69 bits per heavy atom. The Balaban J connectivity index is 2.04. The SMILES string of the molecule is Cc1cc(C)c(CN(C(=O)c2cc(Br)nc3[nH]ncc23)C(C)C)c(=O)[nH]1. The van der Waals surface area contributed by atoms with Crippen LogP contribution in [0.1, 0.15) is 41.0 Å². The number of carbonyl (C=O) groups excluding carboxylic acids is 1. The van der Waals surface area contributed by atoms with Crippen LogP contribution in [0.25, 0.3) is 11.0 Å². The zero-order chi connectivity index (χ0) is 19.0. The number of fused-ring (bicyclic) bond motifs is 1. The van der Waals surface area contributed by atoms with E-state index in [1.54, 1.807) is 17.2 Å². The molecule has 0 atom stereocenters. The summed E-state index contributed by atoms with van der Waals surface area (Å²) in [5, 5.41) is 7.41. The third-order valence-corrected chi connectivity index (χ3v) is 4.73. The number of pyridine rings is 2. The summed E-state index contributed by atoms with van der Waals surface area (Å²) in [5.74, 6) is -0.172. The van der Waals surface area contributed by atoms with E-state index in [0.29, 0.717) is 26.8 Å². The average molecular weight is 418 g/mol. The summed E-state index contributed by atoms with van der Waals surface area (Å²) in [7, 11) is 0. The maximum absolute atomic E-state index is 13.3. The number of H-pyrrole nitrogens is 2. The van der Waals surface area contributed by atoms with Crippen LogP contribution in [0, 0.1) is 13.8 Å². The van der Waals surface area contributed by atoms with Crippen LogP contribution in [0.2, 0.25) is 0 Å². The van der Waals surface area contributed by atoms with E-state index in [9.17, 15) is 9.59 Å². The van der Waals surface area contributed by atoms with Crippen LogP contribution in [0.4, 0.5) is 0 Å². The van der Waals surface area contributed by atoms with Gasteiger partial charge >= 0.3 is 0 Å². The van der Waals surface area contributed by atoms with Crippen molar-refractivity contribution in [2.75, 3.05) is 0 Å². The van der Waals surface area contributed by atoms with Gasteiger partial charge in [0.1, 0.15) is 4.60 Å². The topological polar surface area (TPSA) is 94.7 Å². The van der Waals surface area contributed by atoms with Crippen molar-refractivity contribution in [3.05, 3.63) is 55.7 Å². The van der Waals surface area contributed by atoms with Gasteiger partial charge < -0.3 is 9.88 Å². The van der Waals surface area contributed by atoms with Crippen molar-refractivity contribution >= 4 is 32.9 Å². The first-order valence-electron chi connectivity index (χ1n) is 8.28. The molecule has 8 heteroatoms. The van der Waals surface area contributed by atoms with Crippen LogP contribution in [-0.2, 0) is 6.54 Å². The number of aromatic amines is 2. The molecule has 3 heterocycles. The molecule has 1 amide bonds. The van der Waals surface area contributed by atoms with Crippen LogP contribution in [-0.4, -0.2) is 37.0 Å². The van der Waals surface area contributed by atoms with Crippen molar-refractivity contribution in [2.24, 2.45) is 0 Å². The van der Waals surface area contributed by atoms with E-state index >= 15 is 0 Å². The molecule has 0 saturated carbocycles. The van der Waals surface area contributed by atoms with E-state index in [2.05, 4.69) is 36.1 Å². The van der Waals surface area contributed by atoms with Gasteiger partial charge in [0.25, 0.3) is 11.5 Å². The van der Waals surface area contributed by atoms with Crippen LogP contribution >= 0.6 is 15.9 Å². The number of aryl methyl sites for hydroxylation is 2. The Labute approximate surface area is 159 Å². The molecule has 0 saturated heterocycles. The van der Waals surface area contributed by atoms with Crippen LogP contribution in [0.5, 0.6) is 0 Å². The van der Waals surface area contributed by atoms with Gasteiger partial charge in [0, 0.05) is 17.3 Å². The Morgan fingerprint density at radius 1 is 1.31 bits per heavy atom. The van der Waals surface area contributed by atoms with Gasteiger partial charge in [0.2, 0.25) is 0 Å². The van der Waals surface area contributed by atoms with Crippen LogP contribution in [0.3, 0.4) is 0 Å². The number of nitrogens with zero attached hydrogens (tertiary/aromatic N) is 3. The van der Waals surface area contributed by atoms with E-state index < -0.39 is 0 Å². The van der Waals surface area contributed by atoms with E-state index in [-0.39, 0.29) is 24.1 Å². The second-order valence-electron chi connectivity index (χ2n) is 6.59. The Bertz CT molecular complexity index is 1040. The van der Waals surface area contributed by atoms with Crippen LogP contribution < -0.4 is 5.56 Å². The first kappa shape index (κ1) is 18.3. The molecular formula is C18H20BrN5O2. The van der Waals surface area contributed by atoms with Gasteiger partial charge in [-0.3, -0.25) is 14.7 Å². The first-order valence-corrected chi connectivity index (χ1v) is 9.07. The van der Waals surface area contributed by atoms with Gasteiger partial charge in [-0.2, -0.15) is 5.10 Å². The molecule has 0 spiro atoms. The summed E-state index contributed by atoms with van der Waals surface area (Å²) in [6.07, 6.45) is 1.59. The molecule has 0 aliphatic rings. The van der Waals surface area contributed by atoms with Gasteiger partial charge in [0.15, 0.2) is 5.65 Å². The molecule has 2 N–H and O–H groups in total. The second kappa shape index (κ2) is 7.03. The molecule has 0 aromatic carbocycles. The fourth-order valence-electron chi connectivity index (χ4n) is 2.97. The van der Waals surface area contributed by atoms with E-state index in [0.717, 1.165) is 11.3 Å². The molecule has 0 aliphatic carbocycles. The lowest BCUT2D eigenvalue weighted by molar-refractivity contribution is 0.0691. The quantitative estimate of drug-likeness (QED) is 0.637. The minimum Gasteiger partial charge on any atom is -0.332 e. The molecule has 0 fully saturated rings. The molecule has 7 nitrogen and oxygen atoms in total. The maximum atomic E-state index is 13.3. The Kier molecular flexibility index (Phi) is 4.95. The predicted molar refractivity (Wildman–Crippen MR) is 103 cm³/mol. The zero-order valence-corrected chi connectivity index (χ0v) is 16.6. The molecule has 3 aromatic heterocycles. The summed E-state index contributed by atoms with van der Waals surface area (Å²) in [5.41, 5.74) is 3.13. The van der Waals surface area contributed by atoms with E-state index in [1.165, 1.54) is 0 Å². The number of carbonyl (C=O) groups is 1. The monoisotopic (exact) mass is 417 g/mol. The molecular weight excluding hydrogens is 398 g/mol. The van der Waals surface area contributed by atoms with Crippen molar-refractivity contribution in [2.45, 2.75) is 40.3 Å². The number of amides is 1. The minimum atomic E-state index is -0.172. The standard InChI is InChI=1S/C18H20BrN5O2/c1-9(2)24(8-14-10(3)5-11(4)21-17(14)25)18(26)12-6-15(19)22-16-13(12)7-20-23-16/h5-7,9H,8H2,1-4H3,(H,21,25)(H,20,22,23). The smallest absolute Gasteiger partial charge is 0.255 e. The van der Waals surface area contributed by atoms with Crippen molar-refractivity contribution in [3.63, 3.8) is 0 Å². The highest BCUT2D eigenvalue weighted by molar-refractivity contribution is 9.10. The Morgan fingerprint density at radius 2 is 2.04 bits per heavy atom. The molecule has 0 aliphatic heterocycles. The van der Waals surface area contributed by atoms with E-state index in [1.807, 2.05) is 33.8 Å².